The quantitative estimate of drug-likeness (QED) is 0.738. The molecule has 0 bridgehead atoms. The molecule has 0 aliphatic carbocycles. The Balaban J connectivity index is 1.64. The zero-order valence-electron chi connectivity index (χ0n) is 13.5. The maximum absolute atomic E-state index is 12.0. The lowest BCUT2D eigenvalue weighted by atomic mass is 10.2. The largest absolute Gasteiger partial charge is 0.446 e. The molecule has 1 atom stereocenters. The smallest absolute Gasteiger partial charge is 0.243 e. The molecule has 0 N–H and O–H groups in total. The Morgan fingerprint density at radius 1 is 1.12 bits per heavy atom. The van der Waals surface area contributed by atoms with Gasteiger partial charge in [0.25, 0.3) is 0 Å². The highest BCUT2D eigenvalue weighted by atomic mass is 16.5. The fourth-order valence-corrected chi connectivity index (χ4v) is 2.58. The Morgan fingerprint density at radius 2 is 1.88 bits per heavy atom. The first kappa shape index (κ1) is 15.1. The van der Waals surface area contributed by atoms with E-state index in [1.807, 2.05) is 36.5 Å². The van der Waals surface area contributed by atoms with Crippen LogP contribution in [-0.2, 0) is 9.53 Å². The second-order valence-electron chi connectivity index (χ2n) is 5.53. The predicted molar refractivity (Wildman–Crippen MR) is 90.7 cm³/mol. The maximum atomic E-state index is 12.0. The molecular weight excluding hydrogens is 318 g/mol. The Hall–Kier alpha value is -3.48. The van der Waals surface area contributed by atoms with Gasteiger partial charge in [0.2, 0.25) is 18.0 Å². The van der Waals surface area contributed by atoms with Gasteiger partial charge in [-0.2, -0.15) is 10.1 Å². The topological polar surface area (TPSA) is 72.6 Å². The zero-order chi connectivity index (χ0) is 17.2. The second-order valence-corrected chi connectivity index (χ2v) is 5.53. The molecule has 3 heterocycles. The van der Waals surface area contributed by atoms with Gasteiger partial charge in [0, 0.05) is 31.1 Å². The Morgan fingerprint density at radius 3 is 2.60 bits per heavy atom. The molecule has 1 amide bonds. The number of rotatable bonds is 3. The van der Waals surface area contributed by atoms with Crippen LogP contribution in [0, 0.1) is 0 Å². The van der Waals surface area contributed by atoms with Crippen molar-refractivity contribution in [3.63, 3.8) is 0 Å². The van der Waals surface area contributed by atoms with Gasteiger partial charge in [-0.3, -0.25) is 9.78 Å². The van der Waals surface area contributed by atoms with E-state index in [1.54, 1.807) is 35.4 Å². The van der Waals surface area contributed by atoms with E-state index >= 15 is 0 Å². The molecule has 1 unspecified atom stereocenters. The number of hydrazone groups is 1. The molecule has 2 aromatic heterocycles. The number of aromatic nitrogens is 3. The third-order valence-corrected chi connectivity index (χ3v) is 3.80. The lowest BCUT2D eigenvalue weighted by Crippen LogP contribution is -2.25. The van der Waals surface area contributed by atoms with E-state index in [9.17, 15) is 4.79 Å². The van der Waals surface area contributed by atoms with Crippen molar-refractivity contribution in [2.24, 2.45) is 5.10 Å². The van der Waals surface area contributed by atoms with E-state index in [4.69, 9.17) is 4.74 Å². The van der Waals surface area contributed by atoms with Gasteiger partial charge in [-0.25, -0.2) is 4.68 Å². The van der Waals surface area contributed by atoms with Crippen molar-refractivity contribution in [1.82, 2.24) is 19.8 Å². The van der Waals surface area contributed by atoms with Crippen LogP contribution in [0.2, 0.25) is 0 Å². The summed E-state index contributed by atoms with van der Waals surface area (Å²) in [5.74, 6) is 0.177. The van der Waals surface area contributed by atoms with Gasteiger partial charge in [0.1, 0.15) is 0 Å². The van der Waals surface area contributed by atoms with Crippen LogP contribution in [0.15, 0.2) is 72.4 Å². The summed E-state index contributed by atoms with van der Waals surface area (Å²) in [5, 5.41) is 9.99. The van der Waals surface area contributed by atoms with Crippen LogP contribution < -0.4 is 0 Å². The molecule has 0 radical (unpaired) electrons. The third kappa shape index (κ3) is 2.87. The standard InChI is InChI=1S/C18H15N5O2/c1-13(24)23-18(25-17(21-23)14-7-9-19-10-8-14)15-11-20-22(12-15)16-5-3-2-4-6-16/h2-12,18H,1H3. The van der Waals surface area contributed by atoms with E-state index < -0.39 is 6.23 Å². The van der Waals surface area contributed by atoms with Crippen LogP contribution >= 0.6 is 0 Å². The van der Waals surface area contributed by atoms with Crippen molar-refractivity contribution >= 4 is 11.8 Å². The number of hydrogen-bond acceptors (Lipinski definition) is 5. The molecule has 0 spiro atoms. The summed E-state index contributed by atoms with van der Waals surface area (Å²) in [4.78, 5) is 16.0. The SMILES string of the molecule is CC(=O)N1N=C(c2ccncc2)OC1c1cnn(-c2ccccc2)c1. The minimum Gasteiger partial charge on any atom is -0.446 e. The van der Waals surface area contributed by atoms with E-state index in [-0.39, 0.29) is 5.91 Å². The molecule has 0 saturated carbocycles. The van der Waals surface area contributed by atoms with E-state index in [2.05, 4.69) is 15.2 Å². The maximum Gasteiger partial charge on any atom is 0.243 e. The number of para-hydroxylation sites is 1. The normalized spacial score (nSPS) is 16.4. The fourth-order valence-electron chi connectivity index (χ4n) is 2.58. The Kier molecular flexibility index (Phi) is 3.74. The molecule has 1 aliphatic heterocycles. The van der Waals surface area contributed by atoms with Crippen molar-refractivity contribution in [2.45, 2.75) is 13.2 Å². The van der Waals surface area contributed by atoms with Gasteiger partial charge >= 0.3 is 0 Å². The van der Waals surface area contributed by atoms with E-state index in [0.717, 1.165) is 16.8 Å². The fraction of sp³-hybridized carbons (Fsp3) is 0.111. The summed E-state index contributed by atoms with van der Waals surface area (Å²) in [6.45, 7) is 1.46. The molecular formula is C18H15N5O2. The summed E-state index contributed by atoms with van der Waals surface area (Å²) < 4.78 is 7.67. The summed E-state index contributed by atoms with van der Waals surface area (Å²) in [5.41, 5.74) is 2.43. The van der Waals surface area contributed by atoms with Crippen LogP contribution in [0.1, 0.15) is 24.3 Å². The number of benzene rings is 1. The third-order valence-electron chi connectivity index (χ3n) is 3.80. The summed E-state index contributed by atoms with van der Waals surface area (Å²) in [7, 11) is 0. The lowest BCUT2D eigenvalue weighted by Gasteiger charge is -2.17. The van der Waals surface area contributed by atoms with Crippen molar-refractivity contribution in [2.75, 3.05) is 0 Å². The summed E-state index contributed by atoms with van der Waals surface area (Å²) in [6, 6.07) is 13.3. The van der Waals surface area contributed by atoms with Gasteiger partial charge in [-0.15, -0.1) is 5.10 Å². The molecule has 1 aliphatic rings. The first-order valence-corrected chi connectivity index (χ1v) is 7.78. The number of nitrogens with zero attached hydrogens (tertiary/aromatic N) is 5. The molecule has 4 rings (SSSR count). The summed E-state index contributed by atoms with van der Waals surface area (Å²) in [6.07, 6.45) is 6.18. The first-order valence-electron chi connectivity index (χ1n) is 7.78. The van der Waals surface area contributed by atoms with Crippen LogP contribution in [0.4, 0.5) is 0 Å². The number of hydrogen-bond donors (Lipinski definition) is 0. The predicted octanol–water partition coefficient (Wildman–Crippen LogP) is 2.51. The molecule has 0 saturated heterocycles. The molecule has 0 fully saturated rings. The van der Waals surface area contributed by atoms with Gasteiger partial charge < -0.3 is 4.74 Å². The van der Waals surface area contributed by atoms with Gasteiger partial charge in [-0.05, 0) is 24.3 Å². The van der Waals surface area contributed by atoms with E-state index in [1.165, 1.54) is 11.9 Å². The molecule has 124 valence electrons. The number of carbonyl (C=O) groups is 1. The molecule has 3 aromatic rings. The highest BCUT2D eigenvalue weighted by Crippen LogP contribution is 2.30. The Labute approximate surface area is 144 Å². The Bertz CT molecular complexity index is 921. The highest BCUT2D eigenvalue weighted by Gasteiger charge is 2.34. The minimum atomic E-state index is -0.641. The number of ether oxygens (including phenoxy) is 1. The molecule has 7 heteroatoms. The van der Waals surface area contributed by atoms with Crippen molar-refractivity contribution in [3.05, 3.63) is 78.4 Å². The van der Waals surface area contributed by atoms with Crippen LogP contribution in [0.5, 0.6) is 0 Å². The van der Waals surface area contributed by atoms with Crippen molar-refractivity contribution in [3.8, 4) is 5.69 Å². The molecule has 25 heavy (non-hydrogen) atoms. The second kappa shape index (κ2) is 6.20. The average molecular weight is 333 g/mol. The van der Waals surface area contributed by atoms with Crippen molar-refractivity contribution < 1.29 is 9.53 Å². The van der Waals surface area contributed by atoms with Crippen LogP contribution in [0.25, 0.3) is 5.69 Å². The minimum absolute atomic E-state index is 0.207. The van der Waals surface area contributed by atoms with Crippen molar-refractivity contribution in [1.29, 1.82) is 0 Å². The van der Waals surface area contributed by atoms with Crippen LogP contribution in [0.3, 0.4) is 0 Å². The number of amides is 1. The first-order chi connectivity index (χ1) is 12.2. The number of carbonyl (C=O) groups excluding carboxylic acids is 1. The number of pyridine rings is 1. The van der Waals surface area contributed by atoms with Gasteiger partial charge in [0.15, 0.2) is 0 Å². The summed E-state index contributed by atoms with van der Waals surface area (Å²) >= 11 is 0. The van der Waals surface area contributed by atoms with E-state index in [0.29, 0.717) is 5.90 Å². The monoisotopic (exact) mass is 333 g/mol. The zero-order valence-corrected chi connectivity index (χ0v) is 13.5. The molecule has 1 aromatic carbocycles. The average Bonchev–Trinajstić information content (AvgIpc) is 3.30. The van der Waals surface area contributed by atoms with Crippen LogP contribution in [-0.4, -0.2) is 31.6 Å². The van der Waals surface area contributed by atoms with Gasteiger partial charge in [0.05, 0.1) is 17.4 Å². The van der Waals surface area contributed by atoms with Gasteiger partial charge in [-0.1, -0.05) is 18.2 Å². The molecule has 7 nitrogen and oxygen atoms in total. The lowest BCUT2D eigenvalue weighted by molar-refractivity contribution is -0.135. The highest BCUT2D eigenvalue weighted by molar-refractivity contribution is 5.96.